The molecule has 0 radical (unpaired) electrons. The molecule has 2 saturated heterocycles. The summed E-state index contributed by atoms with van der Waals surface area (Å²) < 4.78 is 11.2. The summed E-state index contributed by atoms with van der Waals surface area (Å²) in [7, 11) is 0. The van der Waals surface area contributed by atoms with E-state index in [0.29, 0.717) is 6.04 Å². The summed E-state index contributed by atoms with van der Waals surface area (Å²) in [5.74, 6) is -0.218. The lowest BCUT2D eigenvalue weighted by Crippen LogP contribution is -2.47. The molecule has 11 heavy (non-hydrogen) atoms. The van der Waals surface area contributed by atoms with Crippen molar-refractivity contribution in [3.8, 4) is 0 Å². The van der Waals surface area contributed by atoms with E-state index in [0.717, 1.165) is 32.6 Å². The van der Waals surface area contributed by atoms with Crippen molar-refractivity contribution in [3.63, 3.8) is 0 Å². The van der Waals surface area contributed by atoms with E-state index in [-0.39, 0.29) is 5.79 Å². The van der Waals surface area contributed by atoms with Gasteiger partial charge in [-0.05, 0) is 6.92 Å². The van der Waals surface area contributed by atoms with Gasteiger partial charge in [0.1, 0.15) is 0 Å². The normalized spacial score (nSPS) is 36.3. The Bertz CT molecular complexity index is 143. The summed E-state index contributed by atoms with van der Waals surface area (Å²) in [5, 5.41) is 3.37. The number of ether oxygens (including phenoxy) is 2. The lowest BCUT2D eigenvalue weighted by Gasteiger charge is -2.35. The van der Waals surface area contributed by atoms with Gasteiger partial charge in [0.2, 0.25) is 0 Å². The smallest absolute Gasteiger partial charge is 0.171 e. The van der Waals surface area contributed by atoms with Gasteiger partial charge in [0, 0.05) is 25.4 Å². The fraction of sp³-hybridized carbons (Fsp3) is 1.00. The Balaban J connectivity index is 2.00. The highest BCUT2D eigenvalue weighted by Gasteiger charge is 2.39. The lowest BCUT2D eigenvalue weighted by molar-refractivity contribution is -0.178. The lowest BCUT2D eigenvalue weighted by atomic mass is 9.99. The van der Waals surface area contributed by atoms with Crippen molar-refractivity contribution in [2.75, 3.05) is 19.8 Å². The van der Waals surface area contributed by atoms with Crippen LogP contribution in [0.4, 0.5) is 0 Å². The number of hydrogen-bond acceptors (Lipinski definition) is 3. The molecule has 3 nitrogen and oxygen atoms in total. The number of hydrogen-bond donors (Lipinski definition) is 1. The Kier molecular flexibility index (Phi) is 1.87. The van der Waals surface area contributed by atoms with Crippen molar-refractivity contribution in [2.45, 2.75) is 31.6 Å². The summed E-state index contributed by atoms with van der Waals surface area (Å²) in [4.78, 5) is 0. The van der Waals surface area contributed by atoms with Crippen molar-refractivity contribution >= 4 is 0 Å². The predicted molar refractivity (Wildman–Crippen MR) is 41.3 cm³/mol. The standard InChI is InChI=1S/C8H15NO2/c1-7-6-8(2-3-9-7)10-4-5-11-8/h7,9H,2-6H2,1H3/t7-/m1/s1. The minimum atomic E-state index is -0.218. The zero-order valence-electron chi connectivity index (χ0n) is 6.93. The Morgan fingerprint density at radius 1 is 1.36 bits per heavy atom. The molecule has 2 aliphatic heterocycles. The summed E-state index contributed by atoms with van der Waals surface area (Å²) >= 11 is 0. The molecular formula is C8H15NO2. The van der Waals surface area contributed by atoms with Crippen LogP contribution in [-0.2, 0) is 9.47 Å². The van der Waals surface area contributed by atoms with Crippen molar-refractivity contribution in [1.29, 1.82) is 0 Å². The monoisotopic (exact) mass is 157 g/mol. The largest absolute Gasteiger partial charge is 0.347 e. The van der Waals surface area contributed by atoms with Crippen LogP contribution in [0.15, 0.2) is 0 Å². The molecule has 0 bridgehead atoms. The first-order valence-corrected chi connectivity index (χ1v) is 4.32. The molecule has 0 amide bonds. The van der Waals surface area contributed by atoms with Crippen molar-refractivity contribution in [3.05, 3.63) is 0 Å². The highest BCUT2D eigenvalue weighted by atomic mass is 16.7. The third kappa shape index (κ3) is 1.41. The van der Waals surface area contributed by atoms with Gasteiger partial charge in [-0.1, -0.05) is 0 Å². The number of rotatable bonds is 0. The fourth-order valence-corrected chi connectivity index (χ4v) is 1.91. The molecule has 2 heterocycles. The Morgan fingerprint density at radius 3 is 2.73 bits per heavy atom. The molecule has 0 aliphatic carbocycles. The maximum absolute atomic E-state index is 5.59. The second-order valence-corrected chi connectivity index (χ2v) is 3.42. The van der Waals surface area contributed by atoms with E-state index < -0.39 is 0 Å². The summed E-state index contributed by atoms with van der Waals surface area (Å²) in [6.07, 6.45) is 1.99. The van der Waals surface area contributed by atoms with Crippen molar-refractivity contribution in [1.82, 2.24) is 5.32 Å². The molecule has 64 valence electrons. The first kappa shape index (κ1) is 7.53. The van der Waals surface area contributed by atoms with Gasteiger partial charge in [-0.2, -0.15) is 0 Å². The predicted octanol–water partition coefficient (Wildman–Crippen LogP) is 0.501. The van der Waals surface area contributed by atoms with Gasteiger partial charge in [-0.3, -0.25) is 0 Å². The quantitative estimate of drug-likeness (QED) is 0.555. The van der Waals surface area contributed by atoms with E-state index in [2.05, 4.69) is 12.2 Å². The first-order chi connectivity index (χ1) is 5.31. The molecular weight excluding hydrogens is 142 g/mol. The van der Waals surface area contributed by atoms with Crippen molar-refractivity contribution < 1.29 is 9.47 Å². The minimum Gasteiger partial charge on any atom is -0.347 e. The van der Waals surface area contributed by atoms with E-state index in [1.807, 2.05) is 0 Å². The number of nitrogens with one attached hydrogen (secondary N) is 1. The number of piperidine rings is 1. The molecule has 0 aromatic rings. The van der Waals surface area contributed by atoms with E-state index in [1.54, 1.807) is 0 Å². The van der Waals surface area contributed by atoms with Crippen LogP contribution in [0.2, 0.25) is 0 Å². The van der Waals surface area contributed by atoms with E-state index in [9.17, 15) is 0 Å². The van der Waals surface area contributed by atoms with E-state index >= 15 is 0 Å². The Labute approximate surface area is 67.1 Å². The minimum absolute atomic E-state index is 0.218. The molecule has 2 rings (SSSR count). The van der Waals surface area contributed by atoms with Crippen LogP contribution in [0.5, 0.6) is 0 Å². The Hall–Kier alpha value is -0.120. The van der Waals surface area contributed by atoms with Gasteiger partial charge in [-0.25, -0.2) is 0 Å². The van der Waals surface area contributed by atoms with Gasteiger partial charge in [0.05, 0.1) is 13.2 Å². The van der Waals surface area contributed by atoms with Crippen LogP contribution in [0.25, 0.3) is 0 Å². The first-order valence-electron chi connectivity index (χ1n) is 4.32. The topological polar surface area (TPSA) is 30.5 Å². The van der Waals surface area contributed by atoms with Gasteiger partial charge >= 0.3 is 0 Å². The van der Waals surface area contributed by atoms with Gasteiger partial charge in [0.15, 0.2) is 5.79 Å². The average Bonchev–Trinajstić information content (AvgIpc) is 2.37. The second kappa shape index (κ2) is 2.73. The molecule has 1 N–H and O–H groups in total. The van der Waals surface area contributed by atoms with E-state index in [4.69, 9.17) is 9.47 Å². The maximum Gasteiger partial charge on any atom is 0.171 e. The van der Waals surface area contributed by atoms with Crippen molar-refractivity contribution in [2.24, 2.45) is 0 Å². The van der Waals surface area contributed by atoms with Crippen LogP contribution >= 0.6 is 0 Å². The third-order valence-electron chi connectivity index (χ3n) is 2.43. The zero-order valence-corrected chi connectivity index (χ0v) is 6.93. The average molecular weight is 157 g/mol. The van der Waals surface area contributed by atoms with Crippen LogP contribution in [0.3, 0.4) is 0 Å². The van der Waals surface area contributed by atoms with Crippen LogP contribution in [0.1, 0.15) is 19.8 Å². The molecule has 1 spiro atoms. The van der Waals surface area contributed by atoms with Gasteiger partial charge < -0.3 is 14.8 Å². The summed E-state index contributed by atoms with van der Waals surface area (Å²) in [5.41, 5.74) is 0. The summed E-state index contributed by atoms with van der Waals surface area (Å²) in [6.45, 7) is 4.73. The highest BCUT2D eigenvalue weighted by Crippen LogP contribution is 2.30. The SMILES string of the molecule is C[C@@H]1CC2(CCN1)OCCO2. The molecule has 0 aromatic heterocycles. The van der Waals surface area contributed by atoms with Crippen LogP contribution in [-0.4, -0.2) is 31.6 Å². The van der Waals surface area contributed by atoms with Gasteiger partial charge in [0.25, 0.3) is 0 Å². The van der Waals surface area contributed by atoms with Gasteiger partial charge in [-0.15, -0.1) is 0 Å². The molecule has 0 aromatic carbocycles. The van der Waals surface area contributed by atoms with Crippen LogP contribution in [0, 0.1) is 0 Å². The third-order valence-corrected chi connectivity index (χ3v) is 2.43. The molecule has 3 heteroatoms. The van der Waals surface area contributed by atoms with Crippen LogP contribution < -0.4 is 5.32 Å². The fourth-order valence-electron chi connectivity index (χ4n) is 1.91. The summed E-state index contributed by atoms with van der Waals surface area (Å²) in [6, 6.07) is 0.529. The molecule has 0 saturated carbocycles. The highest BCUT2D eigenvalue weighted by molar-refractivity contribution is 4.84. The second-order valence-electron chi connectivity index (χ2n) is 3.42. The molecule has 1 atom stereocenters. The molecule has 2 aliphatic rings. The maximum atomic E-state index is 5.59. The zero-order chi connectivity index (χ0) is 7.73. The Morgan fingerprint density at radius 2 is 2.09 bits per heavy atom. The molecule has 2 fully saturated rings. The molecule has 0 unspecified atom stereocenters. The van der Waals surface area contributed by atoms with E-state index in [1.165, 1.54) is 0 Å².